The van der Waals surface area contributed by atoms with Crippen LogP contribution in [0.25, 0.3) is 0 Å². The van der Waals surface area contributed by atoms with E-state index in [1.54, 1.807) is 4.90 Å². The first kappa shape index (κ1) is 19.0. The van der Waals surface area contributed by atoms with Gasteiger partial charge in [0.15, 0.2) is 0 Å². The molecule has 0 spiro atoms. The number of aryl methyl sites for hydroxylation is 1. The van der Waals surface area contributed by atoms with Gasteiger partial charge < -0.3 is 15.0 Å². The first-order chi connectivity index (χ1) is 13.0. The summed E-state index contributed by atoms with van der Waals surface area (Å²) in [7, 11) is 0. The maximum absolute atomic E-state index is 12.6. The predicted molar refractivity (Wildman–Crippen MR) is 106 cm³/mol. The molecule has 1 aliphatic heterocycles. The second-order valence-corrected chi connectivity index (χ2v) is 7.18. The van der Waals surface area contributed by atoms with E-state index >= 15 is 0 Å². The van der Waals surface area contributed by atoms with Crippen molar-refractivity contribution in [2.75, 3.05) is 11.4 Å². The van der Waals surface area contributed by atoms with Crippen LogP contribution in [0.2, 0.25) is 0 Å². The van der Waals surface area contributed by atoms with Gasteiger partial charge in [-0.1, -0.05) is 36.4 Å². The number of para-hydroxylation sites is 2. The van der Waals surface area contributed by atoms with Crippen molar-refractivity contribution in [3.8, 4) is 5.75 Å². The summed E-state index contributed by atoms with van der Waals surface area (Å²) in [5, 5.41) is 2.96. The molecule has 1 N–H and O–H groups in total. The smallest absolute Gasteiger partial charge is 0.227 e. The van der Waals surface area contributed by atoms with E-state index in [1.807, 2.05) is 69.3 Å². The van der Waals surface area contributed by atoms with E-state index in [2.05, 4.69) is 5.32 Å². The molecule has 2 amide bonds. The Kier molecular flexibility index (Phi) is 5.79. The van der Waals surface area contributed by atoms with Gasteiger partial charge in [-0.2, -0.15) is 0 Å². The number of hydrogen-bond acceptors (Lipinski definition) is 3. The molecular weight excluding hydrogens is 340 g/mol. The van der Waals surface area contributed by atoms with E-state index in [1.165, 1.54) is 0 Å². The number of amides is 2. The standard InChI is InChI=1S/C22H26N2O3/c1-15(2)27-20-11-7-5-9-17(20)13-23-22(26)18-12-21(25)24(14-18)19-10-6-4-8-16(19)3/h4-11,15,18H,12-14H2,1-3H3,(H,23,26)/t18-/m1/s1. The first-order valence-corrected chi connectivity index (χ1v) is 9.34. The maximum atomic E-state index is 12.6. The quantitative estimate of drug-likeness (QED) is 0.852. The van der Waals surface area contributed by atoms with Gasteiger partial charge in [0.25, 0.3) is 0 Å². The molecule has 5 heteroatoms. The summed E-state index contributed by atoms with van der Waals surface area (Å²) >= 11 is 0. The zero-order chi connectivity index (χ0) is 19.4. The third-order valence-electron chi connectivity index (χ3n) is 4.69. The maximum Gasteiger partial charge on any atom is 0.227 e. The molecule has 1 saturated heterocycles. The molecular formula is C22H26N2O3. The average molecular weight is 366 g/mol. The van der Waals surface area contributed by atoms with Crippen LogP contribution in [0.15, 0.2) is 48.5 Å². The molecule has 1 aliphatic rings. The van der Waals surface area contributed by atoms with Crippen LogP contribution in [-0.2, 0) is 16.1 Å². The number of ether oxygens (including phenoxy) is 1. The highest BCUT2D eigenvalue weighted by Gasteiger charge is 2.35. The van der Waals surface area contributed by atoms with Crippen LogP contribution in [0.4, 0.5) is 5.69 Å². The zero-order valence-corrected chi connectivity index (χ0v) is 16.1. The van der Waals surface area contributed by atoms with E-state index in [4.69, 9.17) is 4.74 Å². The van der Waals surface area contributed by atoms with Gasteiger partial charge in [-0.25, -0.2) is 0 Å². The van der Waals surface area contributed by atoms with E-state index in [0.717, 1.165) is 22.6 Å². The van der Waals surface area contributed by atoms with Gasteiger partial charge >= 0.3 is 0 Å². The lowest BCUT2D eigenvalue weighted by molar-refractivity contribution is -0.126. The second kappa shape index (κ2) is 8.25. The molecule has 3 rings (SSSR count). The fraction of sp³-hybridized carbons (Fsp3) is 0.364. The van der Waals surface area contributed by atoms with Gasteiger partial charge in [0.2, 0.25) is 11.8 Å². The largest absolute Gasteiger partial charge is 0.491 e. The minimum absolute atomic E-state index is 0.00649. The fourth-order valence-electron chi connectivity index (χ4n) is 3.33. The van der Waals surface area contributed by atoms with Crippen molar-refractivity contribution >= 4 is 17.5 Å². The van der Waals surface area contributed by atoms with E-state index < -0.39 is 0 Å². The summed E-state index contributed by atoms with van der Waals surface area (Å²) in [4.78, 5) is 26.8. The van der Waals surface area contributed by atoms with Crippen LogP contribution in [0.5, 0.6) is 5.75 Å². The van der Waals surface area contributed by atoms with Crippen molar-refractivity contribution in [2.45, 2.75) is 39.8 Å². The van der Waals surface area contributed by atoms with Gasteiger partial charge in [0, 0.05) is 30.8 Å². The number of rotatable bonds is 6. The van der Waals surface area contributed by atoms with Crippen molar-refractivity contribution in [2.24, 2.45) is 5.92 Å². The Balaban J connectivity index is 1.63. The molecule has 0 saturated carbocycles. The van der Waals surface area contributed by atoms with Gasteiger partial charge in [0.1, 0.15) is 5.75 Å². The number of carbonyl (C=O) groups excluding carboxylic acids is 2. The van der Waals surface area contributed by atoms with Crippen molar-refractivity contribution in [3.05, 3.63) is 59.7 Å². The molecule has 0 bridgehead atoms. The molecule has 1 atom stereocenters. The Bertz CT molecular complexity index is 832. The summed E-state index contributed by atoms with van der Waals surface area (Å²) < 4.78 is 5.79. The third-order valence-corrected chi connectivity index (χ3v) is 4.69. The molecule has 0 aromatic heterocycles. The summed E-state index contributed by atoms with van der Waals surface area (Å²) in [6.07, 6.45) is 0.307. The molecule has 0 aliphatic carbocycles. The van der Waals surface area contributed by atoms with Crippen molar-refractivity contribution in [1.29, 1.82) is 0 Å². The monoisotopic (exact) mass is 366 g/mol. The minimum Gasteiger partial charge on any atom is -0.491 e. The number of nitrogens with one attached hydrogen (secondary N) is 1. The molecule has 142 valence electrons. The Morgan fingerprint density at radius 3 is 2.63 bits per heavy atom. The molecule has 2 aromatic rings. The molecule has 5 nitrogen and oxygen atoms in total. The summed E-state index contributed by atoms with van der Waals surface area (Å²) in [5.41, 5.74) is 2.85. The highest BCUT2D eigenvalue weighted by Crippen LogP contribution is 2.28. The minimum atomic E-state index is -0.338. The highest BCUT2D eigenvalue weighted by molar-refractivity contribution is 6.00. The van der Waals surface area contributed by atoms with Crippen molar-refractivity contribution in [3.63, 3.8) is 0 Å². The fourth-order valence-corrected chi connectivity index (χ4v) is 3.33. The predicted octanol–water partition coefficient (Wildman–Crippen LogP) is 3.45. The summed E-state index contributed by atoms with van der Waals surface area (Å²) in [5.74, 6) is 0.332. The number of nitrogens with zero attached hydrogens (tertiary/aromatic N) is 1. The number of carbonyl (C=O) groups is 2. The van der Waals surface area contributed by atoms with Gasteiger partial charge in [-0.3, -0.25) is 9.59 Å². The Morgan fingerprint density at radius 2 is 1.89 bits per heavy atom. The van der Waals surface area contributed by atoms with Crippen LogP contribution in [-0.4, -0.2) is 24.5 Å². The highest BCUT2D eigenvalue weighted by atomic mass is 16.5. The molecule has 27 heavy (non-hydrogen) atoms. The lowest BCUT2D eigenvalue weighted by Crippen LogP contribution is -2.33. The van der Waals surface area contributed by atoms with Crippen LogP contribution >= 0.6 is 0 Å². The van der Waals surface area contributed by atoms with Crippen LogP contribution < -0.4 is 15.0 Å². The molecule has 0 unspecified atom stereocenters. The Morgan fingerprint density at radius 1 is 1.19 bits per heavy atom. The lowest BCUT2D eigenvalue weighted by atomic mass is 10.1. The number of hydrogen-bond donors (Lipinski definition) is 1. The molecule has 1 heterocycles. The average Bonchev–Trinajstić information content (AvgIpc) is 3.02. The van der Waals surface area contributed by atoms with Crippen LogP contribution in [0.3, 0.4) is 0 Å². The number of anilines is 1. The molecule has 0 radical (unpaired) electrons. The van der Waals surface area contributed by atoms with Crippen LogP contribution in [0, 0.1) is 12.8 Å². The van der Waals surface area contributed by atoms with Gasteiger partial charge in [-0.05, 0) is 38.5 Å². The van der Waals surface area contributed by atoms with Crippen molar-refractivity contribution < 1.29 is 14.3 Å². The van der Waals surface area contributed by atoms with Gasteiger partial charge in [-0.15, -0.1) is 0 Å². The molecule has 1 fully saturated rings. The Hall–Kier alpha value is -2.82. The van der Waals surface area contributed by atoms with E-state index in [0.29, 0.717) is 13.1 Å². The lowest BCUT2D eigenvalue weighted by Gasteiger charge is -2.19. The Labute approximate surface area is 160 Å². The van der Waals surface area contributed by atoms with Gasteiger partial charge in [0.05, 0.1) is 12.0 Å². The van der Waals surface area contributed by atoms with E-state index in [-0.39, 0.29) is 30.3 Å². The summed E-state index contributed by atoms with van der Waals surface area (Å²) in [6, 6.07) is 15.4. The third kappa shape index (κ3) is 4.48. The van der Waals surface area contributed by atoms with Crippen LogP contribution in [0.1, 0.15) is 31.4 Å². The molecule has 2 aromatic carbocycles. The topological polar surface area (TPSA) is 58.6 Å². The summed E-state index contributed by atoms with van der Waals surface area (Å²) in [6.45, 7) is 6.72. The second-order valence-electron chi connectivity index (χ2n) is 7.18. The SMILES string of the molecule is Cc1ccccc1N1C[C@H](C(=O)NCc2ccccc2OC(C)C)CC1=O. The first-order valence-electron chi connectivity index (χ1n) is 9.34. The number of benzene rings is 2. The normalized spacial score (nSPS) is 16.7. The zero-order valence-electron chi connectivity index (χ0n) is 16.1. The van der Waals surface area contributed by atoms with E-state index in [9.17, 15) is 9.59 Å². The van der Waals surface area contributed by atoms with Crippen molar-refractivity contribution in [1.82, 2.24) is 5.32 Å².